The van der Waals surface area contributed by atoms with E-state index in [-0.39, 0.29) is 36.1 Å². The smallest absolute Gasteiger partial charge is 0.415 e. The van der Waals surface area contributed by atoms with Crippen LogP contribution in [0.15, 0.2) is 48.5 Å². The number of rotatable bonds is 11. The van der Waals surface area contributed by atoms with Crippen molar-refractivity contribution >= 4 is 29.4 Å². The van der Waals surface area contributed by atoms with Gasteiger partial charge in [0.1, 0.15) is 5.65 Å². The lowest BCUT2D eigenvalue weighted by atomic mass is 9.57. The predicted molar refractivity (Wildman–Crippen MR) is 216 cm³/mol. The van der Waals surface area contributed by atoms with Gasteiger partial charge >= 0.3 is 18.0 Å². The summed E-state index contributed by atoms with van der Waals surface area (Å²) >= 11 is 0. The van der Waals surface area contributed by atoms with Crippen molar-refractivity contribution in [2.45, 2.75) is 93.4 Å². The van der Waals surface area contributed by atoms with Gasteiger partial charge in [-0.3, -0.25) is 9.89 Å². The van der Waals surface area contributed by atoms with E-state index in [2.05, 4.69) is 51.5 Å². The molecular weight excluding hydrogens is 707 g/mol. The number of likely N-dealkylation sites (tertiary alicyclic amines) is 1. The first-order valence-electron chi connectivity index (χ1n) is 20.2. The number of carbonyl (C=O) groups excluding carboxylic acids is 2. The summed E-state index contributed by atoms with van der Waals surface area (Å²) in [5, 5.41) is 13.1. The highest BCUT2D eigenvalue weighted by Crippen LogP contribution is 2.51. The van der Waals surface area contributed by atoms with Crippen molar-refractivity contribution in [1.82, 2.24) is 19.5 Å². The highest BCUT2D eigenvalue weighted by atomic mass is 16.6. The second-order valence-electron chi connectivity index (χ2n) is 17.5. The first kappa shape index (κ1) is 40.6. The van der Waals surface area contributed by atoms with Crippen molar-refractivity contribution in [3.8, 4) is 17.3 Å². The fourth-order valence-electron chi connectivity index (χ4n) is 9.30. The predicted octanol–water partition coefficient (Wildman–Crippen LogP) is 9.86. The van der Waals surface area contributed by atoms with E-state index in [9.17, 15) is 19.5 Å². The molecule has 1 amide bonds. The lowest BCUT2D eigenvalue weighted by molar-refractivity contribution is -0.143. The largest absolute Gasteiger partial charge is 0.481 e. The number of carboxylic acid groups (broad SMARTS) is 1. The Hall–Kier alpha value is -5.11. The third kappa shape index (κ3) is 8.80. The molecule has 1 saturated carbocycles. The van der Waals surface area contributed by atoms with Gasteiger partial charge < -0.3 is 19.5 Å². The third-order valence-electron chi connectivity index (χ3n) is 11.9. The van der Waals surface area contributed by atoms with E-state index < -0.39 is 23.9 Å². The highest BCUT2D eigenvalue weighted by Gasteiger charge is 2.43. The maximum absolute atomic E-state index is 13.8. The molecule has 2 aromatic heterocycles. The van der Waals surface area contributed by atoms with E-state index in [1.54, 1.807) is 17.5 Å². The van der Waals surface area contributed by atoms with Crippen LogP contribution in [-0.4, -0.2) is 62.3 Å². The number of carboxylic acids is 1. The summed E-state index contributed by atoms with van der Waals surface area (Å²) < 4.78 is 13.2. The van der Waals surface area contributed by atoms with Crippen LogP contribution in [0.4, 0.5) is 10.5 Å². The number of amides is 1. The Labute approximate surface area is 330 Å². The minimum Gasteiger partial charge on any atom is -0.481 e. The zero-order valence-electron chi connectivity index (χ0n) is 33.9. The highest BCUT2D eigenvalue weighted by molar-refractivity contribution is 5.92. The molecule has 0 bridgehead atoms. The van der Waals surface area contributed by atoms with Crippen molar-refractivity contribution < 1.29 is 29.0 Å². The van der Waals surface area contributed by atoms with E-state index >= 15 is 0 Å². The van der Waals surface area contributed by atoms with Crippen LogP contribution in [0.3, 0.4) is 0 Å². The molecule has 0 radical (unpaired) electrons. The van der Waals surface area contributed by atoms with E-state index in [0.29, 0.717) is 72.9 Å². The molecular formula is C45H57N5O6. The molecule has 2 aromatic carbocycles. The Morgan fingerprint density at radius 1 is 1.11 bits per heavy atom. The van der Waals surface area contributed by atoms with Crippen LogP contribution in [-0.2, 0) is 22.4 Å². The molecule has 2 N–H and O–H groups in total. The number of H-pyrrole nitrogens is 1. The number of aromatic amines is 1. The quantitative estimate of drug-likeness (QED) is 0.115. The van der Waals surface area contributed by atoms with E-state index in [1.807, 2.05) is 42.5 Å². The number of nitrogens with one attached hydrogen (secondary N) is 1. The summed E-state index contributed by atoms with van der Waals surface area (Å²) in [6.45, 7) is 24.8. The number of ether oxygens (including phenoxy) is 2. The first-order valence-corrected chi connectivity index (χ1v) is 20.2. The molecule has 1 aliphatic carbocycles. The fourth-order valence-corrected chi connectivity index (χ4v) is 9.30. The number of aromatic nitrogens is 3. The van der Waals surface area contributed by atoms with E-state index in [0.717, 1.165) is 41.5 Å². The van der Waals surface area contributed by atoms with Crippen molar-refractivity contribution in [3.63, 3.8) is 0 Å². The molecule has 11 heteroatoms. The molecule has 0 spiro atoms. The van der Waals surface area contributed by atoms with Crippen LogP contribution in [0, 0.1) is 47.5 Å². The summed E-state index contributed by atoms with van der Waals surface area (Å²) in [5.74, 6) is 0.727. The van der Waals surface area contributed by atoms with Crippen LogP contribution >= 0.6 is 0 Å². The molecule has 1 aliphatic heterocycles. The number of benzene rings is 2. The number of fused-ring (bicyclic) bond motifs is 1. The fraction of sp³-hybridized carbons (Fsp3) is 0.533. The van der Waals surface area contributed by atoms with Crippen molar-refractivity contribution in [2.75, 3.05) is 19.7 Å². The molecule has 2 aliphatic rings. The SMILES string of the molecule is [C-]#[N+]c1c(CC2C(CC(C)C)CC(C)CC2C(C)(C)C)c2nc(-c3ccc(C(=O)OCC)c(Cc4ccccc4)c3)[nH]n2c1OC(=O)N1CCCC(C(=O)O)C1. The van der Waals surface area contributed by atoms with Crippen molar-refractivity contribution in [1.29, 1.82) is 0 Å². The zero-order chi connectivity index (χ0) is 40.3. The second kappa shape index (κ2) is 16.9. The number of hydrogen-bond acceptors (Lipinski definition) is 6. The van der Waals surface area contributed by atoms with Crippen LogP contribution in [0.2, 0.25) is 0 Å². The van der Waals surface area contributed by atoms with Crippen molar-refractivity contribution in [2.24, 2.45) is 40.9 Å². The molecule has 11 nitrogen and oxygen atoms in total. The number of aliphatic carboxylic acids is 1. The van der Waals surface area contributed by atoms with Gasteiger partial charge in [-0.1, -0.05) is 77.9 Å². The third-order valence-corrected chi connectivity index (χ3v) is 11.9. The van der Waals surface area contributed by atoms with Gasteiger partial charge in [-0.25, -0.2) is 23.9 Å². The average molecular weight is 764 g/mol. The molecule has 3 heterocycles. The Balaban J connectivity index is 1.48. The van der Waals surface area contributed by atoms with Gasteiger partial charge in [-0.05, 0) is 110 Å². The molecule has 1 saturated heterocycles. The number of carbonyl (C=O) groups is 3. The molecule has 4 aromatic rings. The lowest BCUT2D eigenvalue weighted by Gasteiger charge is -2.48. The van der Waals surface area contributed by atoms with Crippen molar-refractivity contribution in [3.05, 3.63) is 82.2 Å². The maximum atomic E-state index is 13.8. The van der Waals surface area contributed by atoms with Gasteiger partial charge in [0.05, 0.1) is 24.7 Å². The summed E-state index contributed by atoms with van der Waals surface area (Å²) in [6, 6.07) is 15.4. The minimum absolute atomic E-state index is 0.0303. The Morgan fingerprint density at radius 3 is 2.52 bits per heavy atom. The summed E-state index contributed by atoms with van der Waals surface area (Å²) in [7, 11) is 0. The maximum Gasteiger partial charge on any atom is 0.415 e. The van der Waals surface area contributed by atoms with E-state index in [4.69, 9.17) is 21.0 Å². The minimum atomic E-state index is -0.943. The van der Waals surface area contributed by atoms with E-state index in [1.165, 1.54) is 4.90 Å². The number of hydrogen-bond donors (Lipinski definition) is 2. The Kier molecular flexibility index (Phi) is 12.3. The number of esters is 1. The molecule has 6 rings (SSSR count). The molecule has 5 unspecified atom stereocenters. The van der Waals surface area contributed by atoms with Crippen LogP contribution in [0.1, 0.15) is 108 Å². The Morgan fingerprint density at radius 2 is 1.86 bits per heavy atom. The van der Waals surface area contributed by atoms with Gasteiger partial charge in [0.15, 0.2) is 5.82 Å². The average Bonchev–Trinajstić information content (AvgIpc) is 3.70. The topological polar surface area (TPSA) is 131 Å². The summed E-state index contributed by atoms with van der Waals surface area (Å²) in [5.41, 5.74) is 4.54. The monoisotopic (exact) mass is 763 g/mol. The van der Waals surface area contributed by atoms with Gasteiger partial charge in [-0.2, -0.15) is 0 Å². The van der Waals surface area contributed by atoms with Gasteiger partial charge in [0.25, 0.3) is 5.69 Å². The Bertz CT molecular complexity index is 2080. The molecule has 5 atom stereocenters. The standard InChI is InChI=1S/C45H57N5O6/c1-9-55-43(53)34-18-17-30(24-33(34)23-29-14-11-10-12-15-29)39-47-40-36(25-35-32(20-27(2)3)21-28(4)22-37(35)45(5,6)7)38(46-8)41(50(40)48-39)56-44(54)49-19-13-16-31(26-49)42(51)52/h10-12,14-15,17-18,24,27-28,31-32,35,37H,9,13,16,19-23,25-26H2,1-7H3,(H,47,48)(H,51,52). The zero-order valence-corrected chi connectivity index (χ0v) is 33.9. The van der Waals surface area contributed by atoms with Crippen LogP contribution < -0.4 is 4.74 Å². The first-order chi connectivity index (χ1) is 26.7. The van der Waals surface area contributed by atoms with Crippen LogP contribution in [0.5, 0.6) is 5.88 Å². The summed E-state index contributed by atoms with van der Waals surface area (Å²) in [6.07, 6.45) is 4.73. The second-order valence-corrected chi connectivity index (χ2v) is 17.5. The summed E-state index contributed by atoms with van der Waals surface area (Å²) in [4.78, 5) is 49.3. The van der Waals surface area contributed by atoms with Gasteiger partial charge in [-0.15, -0.1) is 0 Å². The van der Waals surface area contributed by atoms with Crippen LogP contribution in [0.25, 0.3) is 21.9 Å². The van der Waals surface area contributed by atoms with Gasteiger partial charge in [0.2, 0.25) is 5.88 Å². The lowest BCUT2D eigenvalue weighted by Crippen LogP contribution is -2.43. The molecule has 298 valence electrons. The normalized spacial score (nSPS) is 21.6. The number of nitrogens with zero attached hydrogens (tertiary/aromatic N) is 4. The molecule has 2 fully saturated rings. The number of piperidine rings is 1. The molecule has 56 heavy (non-hydrogen) atoms. The van der Waals surface area contributed by atoms with Gasteiger partial charge in [0, 0.05) is 24.2 Å².